The van der Waals surface area contributed by atoms with Crippen molar-refractivity contribution in [2.45, 2.75) is 6.42 Å². The number of nitrogens with zero attached hydrogens (tertiary/aromatic N) is 1. The zero-order valence-corrected chi connectivity index (χ0v) is 18.6. The molecule has 6 nitrogen and oxygen atoms in total. The molecule has 3 heterocycles. The van der Waals surface area contributed by atoms with E-state index in [4.69, 9.17) is 17.0 Å². The van der Waals surface area contributed by atoms with Crippen LogP contribution in [0.3, 0.4) is 0 Å². The first-order valence-electron chi connectivity index (χ1n) is 9.24. The van der Waals surface area contributed by atoms with E-state index in [2.05, 4.69) is 10.3 Å². The Morgan fingerprint density at radius 3 is 3.00 bits per heavy atom. The lowest BCUT2D eigenvalue weighted by Gasteiger charge is -2.14. The van der Waals surface area contributed by atoms with Crippen LogP contribution in [0.15, 0.2) is 46.8 Å². The number of hydrogen-bond donors (Lipinski definition) is 2. The highest BCUT2D eigenvalue weighted by molar-refractivity contribution is 8.26. The van der Waals surface area contributed by atoms with Crippen molar-refractivity contribution in [1.29, 1.82) is 0 Å². The van der Waals surface area contributed by atoms with E-state index in [9.17, 15) is 9.59 Å². The van der Waals surface area contributed by atoms with Crippen LogP contribution in [-0.4, -0.2) is 46.2 Å². The smallest absolute Gasteiger partial charge is 0.266 e. The number of amides is 2. The zero-order chi connectivity index (χ0) is 21.1. The largest absolute Gasteiger partial charge is 0.497 e. The molecule has 2 N–H and O–H groups in total. The lowest BCUT2D eigenvalue weighted by atomic mass is 10.1. The van der Waals surface area contributed by atoms with Crippen molar-refractivity contribution < 1.29 is 14.3 Å². The Morgan fingerprint density at radius 1 is 1.37 bits per heavy atom. The zero-order valence-electron chi connectivity index (χ0n) is 16.1. The van der Waals surface area contributed by atoms with E-state index in [0.717, 1.165) is 27.1 Å². The highest BCUT2D eigenvalue weighted by atomic mass is 32.2. The molecule has 0 radical (unpaired) electrons. The second kappa shape index (κ2) is 9.03. The van der Waals surface area contributed by atoms with Crippen LogP contribution in [-0.2, 0) is 16.0 Å². The summed E-state index contributed by atoms with van der Waals surface area (Å²) >= 11 is 8.07. The van der Waals surface area contributed by atoms with Gasteiger partial charge in [0.05, 0.1) is 12.0 Å². The molecule has 0 spiro atoms. The van der Waals surface area contributed by atoms with Gasteiger partial charge in [-0.2, -0.15) is 0 Å². The van der Waals surface area contributed by atoms with E-state index in [1.54, 1.807) is 18.4 Å². The van der Waals surface area contributed by atoms with E-state index in [-0.39, 0.29) is 18.4 Å². The molecule has 0 bridgehead atoms. The first-order valence-corrected chi connectivity index (χ1v) is 11.3. The standard InChI is InChI=1S/C21H19N3O3S3/c1-27-14-4-5-16-13(11-23-17(16)9-14)6-7-22-19(25)12-24-20(26)18(30-21(24)28)10-15-3-2-8-29-15/h2-5,8-11,23H,6-7,12H2,1H3,(H,22,25)/b18-10+. The Morgan fingerprint density at radius 2 is 2.23 bits per heavy atom. The highest BCUT2D eigenvalue weighted by Crippen LogP contribution is 2.33. The molecular weight excluding hydrogens is 438 g/mol. The molecule has 3 aromatic rings. The van der Waals surface area contributed by atoms with E-state index in [1.165, 1.54) is 16.7 Å². The number of rotatable bonds is 7. The van der Waals surface area contributed by atoms with Crippen LogP contribution in [0, 0.1) is 0 Å². The number of thioether (sulfide) groups is 1. The summed E-state index contributed by atoms with van der Waals surface area (Å²) in [5, 5.41) is 5.93. The minimum atomic E-state index is -0.231. The summed E-state index contributed by atoms with van der Waals surface area (Å²) < 4.78 is 5.64. The van der Waals surface area contributed by atoms with Crippen molar-refractivity contribution in [1.82, 2.24) is 15.2 Å². The number of H-pyrrole nitrogens is 1. The fraction of sp³-hybridized carbons (Fsp3) is 0.190. The third kappa shape index (κ3) is 4.43. The SMILES string of the molecule is COc1ccc2c(CCNC(=O)CN3C(=O)/C(=C\c4cccs4)SC3=S)c[nH]c2c1. The summed E-state index contributed by atoms with van der Waals surface area (Å²) in [4.78, 5) is 31.1. The number of thiophene rings is 1. The maximum absolute atomic E-state index is 12.6. The normalized spacial score (nSPS) is 15.4. The molecule has 2 amide bonds. The van der Waals surface area contributed by atoms with Gasteiger partial charge in [0.1, 0.15) is 16.6 Å². The van der Waals surface area contributed by atoms with Gasteiger partial charge in [0.15, 0.2) is 0 Å². The Kier molecular flexibility index (Phi) is 6.21. The van der Waals surface area contributed by atoms with Gasteiger partial charge < -0.3 is 15.0 Å². The van der Waals surface area contributed by atoms with Crippen LogP contribution in [0.25, 0.3) is 17.0 Å². The number of carbonyl (C=O) groups is 2. The molecule has 2 aromatic heterocycles. The van der Waals surface area contributed by atoms with Gasteiger partial charge in [0.2, 0.25) is 5.91 Å². The van der Waals surface area contributed by atoms with Crippen LogP contribution in [0.5, 0.6) is 5.75 Å². The number of aromatic nitrogens is 1. The van der Waals surface area contributed by atoms with E-state index >= 15 is 0 Å². The van der Waals surface area contributed by atoms with Gasteiger partial charge in [0, 0.05) is 34.6 Å². The van der Waals surface area contributed by atoms with Gasteiger partial charge in [-0.25, -0.2) is 0 Å². The van der Waals surface area contributed by atoms with Gasteiger partial charge in [-0.15, -0.1) is 11.3 Å². The summed E-state index contributed by atoms with van der Waals surface area (Å²) in [6.07, 6.45) is 4.43. The number of hydrogen-bond acceptors (Lipinski definition) is 6. The topological polar surface area (TPSA) is 74.4 Å². The predicted octanol–water partition coefficient (Wildman–Crippen LogP) is 3.80. The number of methoxy groups -OCH3 is 1. The van der Waals surface area contributed by atoms with Crippen molar-refractivity contribution in [3.63, 3.8) is 0 Å². The summed E-state index contributed by atoms with van der Waals surface area (Å²) in [6, 6.07) is 9.72. The molecule has 9 heteroatoms. The Bertz CT molecular complexity index is 1140. The summed E-state index contributed by atoms with van der Waals surface area (Å²) in [5.41, 5.74) is 2.10. The molecule has 1 aromatic carbocycles. The number of ether oxygens (including phenoxy) is 1. The van der Waals surface area contributed by atoms with Gasteiger partial charge >= 0.3 is 0 Å². The van der Waals surface area contributed by atoms with Crippen molar-refractivity contribution in [2.24, 2.45) is 0 Å². The first kappa shape index (κ1) is 20.6. The molecule has 0 unspecified atom stereocenters. The van der Waals surface area contributed by atoms with Crippen LogP contribution < -0.4 is 10.1 Å². The van der Waals surface area contributed by atoms with Gasteiger partial charge in [-0.1, -0.05) is 30.0 Å². The first-order chi connectivity index (χ1) is 14.5. The molecule has 30 heavy (non-hydrogen) atoms. The Hall–Kier alpha value is -2.62. The minimum Gasteiger partial charge on any atom is -0.497 e. The average Bonchev–Trinajstić information content (AvgIpc) is 3.45. The van der Waals surface area contributed by atoms with Gasteiger partial charge in [0.25, 0.3) is 5.91 Å². The minimum absolute atomic E-state index is 0.0719. The third-order valence-corrected chi connectivity index (χ3v) is 6.88. The maximum Gasteiger partial charge on any atom is 0.266 e. The lowest BCUT2D eigenvalue weighted by molar-refractivity contribution is -0.128. The number of carbonyl (C=O) groups excluding carboxylic acids is 2. The van der Waals surface area contributed by atoms with E-state index in [1.807, 2.05) is 48.0 Å². The molecule has 1 aliphatic rings. The second-order valence-corrected chi connectivity index (χ2v) is 9.26. The molecule has 4 rings (SSSR count). The van der Waals surface area contributed by atoms with E-state index in [0.29, 0.717) is 22.2 Å². The number of aromatic amines is 1. The predicted molar refractivity (Wildman–Crippen MR) is 126 cm³/mol. The fourth-order valence-corrected chi connectivity index (χ4v) is 5.15. The average molecular weight is 458 g/mol. The van der Waals surface area contributed by atoms with Crippen LogP contribution in [0.2, 0.25) is 0 Å². The maximum atomic E-state index is 12.6. The van der Waals surface area contributed by atoms with Crippen LogP contribution in [0.4, 0.5) is 0 Å². The number of benzene rings is 1. The Labute approximate surface area is 187 Å². The highest BCUT2D eigenvalue weighted by Gasteiger charge is 2.33. The molecule has 154 valence electrons. The molecule has 1 saturated heterocycles. The van der Waals surface area contributed by atoms with Crippen molar-refractivity contribution in [3.8, 4) is 5.75 Å². The number of thiocarbonyl (C=S) groups is 1. The molecule has 0 saturated carbocycles. The molecular formula is C21H19N3O3S3. The Balaban J connectivity index is 1.32. The van der Waals surface area contributed by atoms with Crippen molar-refractivity contribution in [2.75, 3.05) is 20.2 Å². The van der Waals surface area contributed by atoms with E-state index < -0.39 is 0 Å². The monoisotopic (exact) mass is 457 g/mol. The quantitative estimate of drug-likeness (QED) is 0.417. The molecule has 1 fully saturated rings. The molecule has 0 aliphatic carbocycles. The fourth-order valence-electron chi connectivity index (χ4n) is 3.17. The number of nitrogens with one attached hydrogen (secondary N) is 2. The molecule has 0 atom stereocenters. The second-order valence-electron chi connectivity index (χ2n) is 6.61. The summed E-state index contributed by atoms with van der Waals surface area (Å²) in [7, 11) is 1.64. The lowest BCUT2D eigenvalue weighted by Crippen LogP contribution is -2.40. The summed E-state index contributed by atoms with van der Waals surface area (Å²) in [5.74, 6) is 0.338. The van der Waals surface area contributed by atoms with Crippen LogP contribution in [0.1, 0.15) is 10.4 Å². The van der Waals surface area contributed by atoms with Crippen LogP contribution >= 0.6 is 35.3 Å². The third-order valence-electron chi connectivity index (χ3n) is 4.68. The van der Waals surface area contributed by atoms with Gasteiger partial charge in [-0.3, -0.25) is 14.5 Å². The van der Waals surface area contributed by atoms with Crippen molar-refractivity contribution >= 4 is 68.4 Å². The van der Waals surface area contributed by atoms with Gasteiger partial charge in [-0.05, 0) is 41.6 Å². The number of fused-ring (bicyclic) bond motifs is 1. The van der Waals surface area contributed by atoms with Crippen molar-refractivity contribution in [3.05, 3.63) is 57.3 Å². The molecule has 1 aliphatic heterocycles. The summed E-state index contributed by atoms with van der Waals surface area (Å²) in [6.45, 7) is 0.398.